The van der Waals surface area contributed by atoms with Gasteiger partial charge in [0.1, 0.15) is 5.82 Å². The Morgan fingerprint density at radius 2 is 2.16 bits per heavy atom. The lowest BCUT2D eigenvalue weighted by atomic mass is 9.83. The highest BCUT2D eigenvalue weighted by Gasteiger charge is 2.32. The molecule has 102 valence electrons. The minimum atomic E-state index is 0.311. The fourth-order valence-corrected chi connectivity index (χ4v) is 3.03. The summed E-state index contributed by atoms with van der Waals surface area (Å²) in [6.45, 7) is 3.69. The molecule has 0 radical (unpaired) electrons. The summed E-state index contributed by atoms with van der Waals surface area (Å²) in [5.41, 5.74) is 1.10. The molecule has 1 aliphatic carbocycles. The number of hydrogen-bond acceptors (Lipinski definition) is 3. The summed E-state index contributed by atoms with van der Waals surface area (Å²) in [6.07, 6.45) is 7.44. The second-order valence-corrected chi connectivity index (χ2v) is 5.78. The van der Waals surface area contributed by atoms with Crippen LogP contribution in [0.4, 0.5) is 0 Å². The molecule has 1 saturated heterocycles. The van der Waals surface area contributed by atoms with Crippen LogP contribution in [-0.2, 0) is 4.79 Å². The Bertz CT molecular complexity index is 470. The zero-order chi connectivity index (χ0) is 13.2. The third-order valence-electron chi connectivity index (χ3n) is 4.40. The second-order valence-electron chi connectivity index (χ2n) is 5.78. The molecule has 0 N–H and O–H groups in total. The van der Waals surface area contributed by atoms with E-state index in [-0.39, 0.29) is 0 Å². The molecule has 0 spiro atoms. The first kappa shape index (κ1) is 12.6. The summed E-state index contributed by atoms with van der Waals surface area (Å²) in [5.74, 6) is 1.90. The van der Waals surface area contributed by atoms with Crippen LogP contribution in [0.15, 0.2) is 12.3 Å². The van der Waals surface area contributed by atoms with Crippen LogP contribution in [0.5, 0.6) is 0 Å². The number of amides is 1. The van der Waals surface area contributed by atoms with E-state index in [1.54, 1.807) is 0 Å². The van der Waals surface area contributed by atoms with Crippen molar-refractivity contribution in [2.45, 2.75) is 44.9 Å². The highest BCUT2D eigenvalue weighted by molar-refractivity contribution is 5.79. The molecule has 0 bridgehead atoms. The molecule has 1 aliphatic heterocycles. The van der Waals surface area contributed by atoms with E-state index in [4.69, 9.17) is 0 Å². The number of rotatable bonds is 2. The molecule has 1 aromatic rings. The lowest BCUT2D eigenvalue weighted by Crippen LogP contribution is -2.44. The monoisotopic (exact) mass is 259 g/mol. The molecule has 2 aliphatic rings. The first-order chi connectivity index (χ1) is 9.24. The highest BCUT2D eigenvalue weighted by Crippen LogP contribution is 2.32. The number of carbonyl (C=O) groups is 1. The van der Waals surface area contributed by atoms with Gasteiger partial charge in [-0.1, -0.05) is 6.42 Å². The van der Waals surface area contributed by atoms with Gasteiger partial charge in [0.2, 0.25) is 5.91 Å². The number of carbonyl (C=O) groups excluding carboxylic acids is 1. The number of nitrogens with zero attached hydrogens (tertiary/aromatic N) is 3. The quantitative estimate of drug-likeness (QED) is 0.818. The second kappa shape index (κ2) is 5.27. The Morgan fingerprint density at radius 1 is 1.32 bits per heavy atom. The SMILES string of the molecule is Cc1nccc([C@@H]2CCCN(C(=O)C3CCC3)C2)n1. The maximum atomic E-state index is 12.3. The highest BCUT2D eigenvalue weighted by atomic mass is 16.2. The lowest BCUT2D eigenvalue weighted by Gasteiger charge is -2.37. The lowest BCUT2D eigenvalue weighted by molar-refractivity contribution is -0.139. The van der Waals surface area contributed by atoms with Crippen molar-refractivity contribution in [1.29, 1.82) is 0 Å². The molecule has 4 nitrogen and oxygen atoms in total. The molecule has 2 fully saturated rings. The Hall–Kier alpha value is -1.45. The molecule has 0 aromatic carbocycles. The first-order valence-corrected chi connectivity index (χ1v) is 7.32. The molecular weight excluding hydrogens is 238 g/mol. The molecule has 1 amide bonds. The summed E-state index contributed by atoms with van der Waals surface area (Å²) in [5, 5.41) is 0. The van der Waals surface area contributed by atoms with E-state index in [0.717, 1.165) is 50.3 Å². The van der Waals surface area contributed by atoms with Crippen molar-refractivity contribution in [2.24, 2.45) is 5.92 Å². The van der Waals surface area contributed by atoms with Gasteiger partial charge in [-0.15, -0.1) is 0 Å². The van der Waals surface area contributed by atoms with E-state index in [9.17, 15) is 4.79 Å². The van der Waals surface area contributed by atoms with E-state index in [1.165, 1.54) is 6.42 Å². The standard InChI is InChI=1S/C15H21N3O/c1-11-16-8-7-14(17-11)13-6-3-9-18(10-13)15(19)12-4-2-5-12/h7-8,12-13H,2-6,9-10H2,1H3/t13-/m1/s1. The van der Waals surface area contributed by atoms with Crippen molar-refractivity contribution in [2.75, 3.05) is 13.1 Å². The maximum Gasteiger partial charge on any atom is 0.225 e. The first-order valence-electron chi connectivity index (χ1n) is 7.32. The number of piperidine rings is 1. The summed E-state index contributed by atoms with van der Waals surface area (Å²) in [4.78, 5) is 23.1. The largest absolute Gasteiger partial charge is 0.342 e. The normalized spacial score (nSPS) is 24.1. The van der Waals surface area contributed by atoms with Gasteiger partial charge in [-0.25, -0.2) is 9.97 Å². The van der Waals surface area contributed by atoms with Crippen molar-refractivity contribution >= 4 is 5.91 Å². The van der Waals surface area contributed by atoms with Crippen molar-refractivity contribution in [3.05, 3.63) is 23.8 Å². The number of hydrogen-bond donors (Lipinski definition) is 0. The zero-order valence-corrected chi connectivity index (χ0v) is 11.5. The molecule has 1 atom stereocenters. The topological polar surface area (TPSA) is 46.1 Å². The molecule has 1 saturated carbocycles. The Labute approximate surface area is 114 Å². The van der Waals surface area contributed by atoms with Crippen LogP contribution in [0.3, 0.4) is 0 Å². The summed E-state index contributed by atoms with van der Waals surface area (Å²) in [7, 11) is 0. The van der Waals surface area contributed by atoms with Crippen molar-refractivity contribution in [1.82, 2.24) is 14.9 Å². The van der Waals surface area contributed by atoms with Gasteiger partial charge < -0.3 is 4.90 Å². The Kier molecular flexibility index (Phi) is 3.49. The van der Waals surface area contributed by atoms with Crippen LogP contribution in [-0.4, -0.2) is 33.9 Å². The Balaban J connectivity index is 1.69. The zero-order valence-electron chi connectivity index (χ0n) is 11.5. The molecule has 3 rings (SSSR count). The Morgan fingerprint density at radius 3 is 2.84 bits per heavy atom. The van der Waals surface area contributed by atoms with Crippen LogP contribution < -0.4 is 0 Å². The average molecular weight is 259 g/mol. The number of aromatic nitrogens is 2. The molecule has 2 heterocycles. The van der Waals surface area contributed by atoms with Crippen LogP contribution in [0, 0.1) is 12.8 Å². The van der Waals surface area contributed by atoms with Crippen LogP contribution >= 0.6 is 0 Å². The third kappa shape index (κ3) is 2.62. The predicted octanol–water partition coefficient (Wildman–Crippen LogP) is 2.29. The van der Waals surface area contributed by atoms with Crippen molar-refractivity contribution < 1.29 is 4.79 Å². The van der Waals surface area contributed by atoms with Gasteiger partial charge in [0.15, 0.2) is 0 Å². The van der Waals surface area contributed by atoms with Gasteiger partial charge in [0.05, 0.1) is 0 Å². The van der Waals surface area contributed by atoms with Crippen LogP contribution in [0.25, 0.3) is 0 Å². The average Bonchev–Trinajstić information content (AvgIpc) is 2.37. The summed E-state index contributed by atoms with van der Waals surface area (Å²) < 4.78 is 0. The van der Waals surface area contributed by atoms with Gasteiger partial charge >= 0.3 is 0 Å². The summed E-state index contributed by atoms with van der Waals surface area (Å²) in [6, 6.07) is 2.00. The molecule has 1 aromatic heterocycles. The fraction of sp³-hybridized carbons (Fsp3) is 0.667. The third-order valence-corrected chi connectivity index (χ3v) is 4.40. The van der Waals surface area contributed by atoms with Gasteiger partial charge in [-0.2, -0.15) is 0 Å². The number of aryl methyl sites for hydroxylation is 1. The van der Waals surface area contributed by atoms with E-state index >= 15 is 0 Å². The van der Waals surface area contributed by atoms with Gasteiger partial charge in [-0.3, -0.25) is 4.79 Å². The minimum absolute atomic E-state index is 0.311. The van der Waals surface area contributed by atoms with Crippen LogP contribution in [0.2, 0.25) is 0 Å². The molecule has 0 unspecified atom stereocenters. The smallest absolute Gasteiger partial charge is 0.225 e. The minimum Gasteiger partial charge on any atom is -0.342 e. The van der Waals surface area contributed by atoms with Gasteiger partial charge in [0, 0.05) is 36.8 Å². The fourth-order valence-electron chi connectivity index (χ4n) is 3.03. The van der Waals surface area contributed by atoms with E-state index < -0.39 is 0 Å². The molecule has 19 heavy (non-hydrogen) atoms. The van der Waals surface area contributed by atoms with E-state index in [2.05, 4.69) is 14.9 Å². The van der Waals surface area contributed by atoms with E-state index in [0.29, 0.717) is 17.7 Å². The van der Waals surface area contributed by atoms with Gasteiger partial charge in [-0.05, 0) is 38.7 Å². The molecular formula is C15H21N3O. The summed E-state index contributed by atoms with van der Waals surface area (Å²) >= 11 is 0. The van der Waals surface area contributed by atoms with E-state index in [1.807, 2.05) is 19.2 Å². The van der Waals surface area contributed by atoms with Crippen molar-refractivity contribution in [3.63, 3.8) is 0 Å². The maximum absolute atomic E-state index is 12.3. The predicted molar refractivity (Wildman–Crippen MR) is 72.7 cm³/mol. The number of likely N-dealkylation sites (tertiary alicyclic amines) is 1. The van der Waals surface area contributed by atoms with Gasteiger partial charge in [0.25, 0.3) is 0 Å². The van der Waals surface area contributed by atoms with Crippen LogP contribution in [0.1, 0.15) is 49.5 Å². The molecule has 4 heteroatoms. The van der Waals surface area contributed by atoms with Crippen molar-refractivity contribution in [3.8, 4) is 0 Å².